The normalized spacial score (nSPS) is 12.3. The van der Waals surface area contributed by atoms with Gasteiger partial charge in [0.05, 0.1) is 11.3 Å². The van der Waals surface area contributed by atoms with E-state index in [1.165, 1.54) is 0 Å². The summed E-state index contributed by atoms with van der Waals surface area (Å²) >= 11 is 0. The molecule has 0 unspecified atom stereocenters. The van der Waals surface area contributed by atoms with E-state index in [2.05, 4.69) is 22.8 Å². The molecule has 35 heavy (non-hydrogen) atoms. The Bertz CT molecular complexity index is 1220. The van der Waals surface area contributed by atoms with Crippen LogP contribution in [0.2, 0.25) is 0 Å². The van der Waals surface area contributed by atoms with Gasteiger partial charge in [-0.15, -0.1) is 0 Å². The van der Waals surface area contributed by atoms with Crippen LogP contribution < -0.4 is 10.6 Å². The van der Waals surface area contributed by atoms with Crippen LogP contribution >= 0.6 is 0 Å². The van der Waals surface area contributed by atoms with Gasteiger partial charge in [-0.1, -0.05) is 60.7 Å². The summed E-state index contributed by atoms with van der Waals surface area (Å²) in [7, 11) is 0. The van der Waals surface area contributed by atoms with Gasteiger partial charge in [0.1, 0.15) is 18.8 Å². The van der Waals surface area contributed by atoms with Gasteiger partial charge in [0, 0.05) is 5.92 Å². The van der Waals surface area contributed by atoms with Crippen LogP contribution in [0, 0.1) is 0 Å². The van der Waals surface area contributed by atoms with Gasteiger partial charge in [0.25, 0.3) is 0 Å². The van der Waals surface area contributed by atoms with E-state index in [-0.39, 0.29) is 24.6 Å². The first-order chi connectivity index (χ1) is 16.7. The molecule has 0 atom stereocenters. The van der Waals surface area contributed by atoms with Crippen molar-refractivity contribution in [3.63, 3.8) is 0 Å². The highest BCUT2D eigenvalue weighted by atomic mass is 16.6. The number of nitrogens with one attached hydrogen (secondary N) is 2. The van der Waals surface area contributed by atoms with Crippen molar-refractivity contribution >= 4 is 23.7 Å². The van der Waals surface area contributed by atoms with Gasteiger partial charge in [-0.05, 0) is 55.2 Å². The van der Waals surface area contributed by atoms with Gasteiger partial charge in [-0.3, -0.25) is 4.79 Å². The third kappa shape index (κ3) is 5.69. The zero-order chi connectivity index (χ0) is 25.0. The molecule has 1 aliphatic carbocycles. The molecular formula is C28H28N2O5. The summed E-state index contributed by atoms with van der Waals surface area (Å²) in [5, 5.41) is 5.12. The second-order valence-electron chi connectivity index (χ2n) is 9.27. The number of para-hydroxylation sites is 1. The van der Waals surface area contributed by atoms with E-state index in [4.69, 9.17) is 9.47 Å². The molecule has 3 aromatic carbocycles. The fourth-order valence-electron chi connectivity index (χ4n) is 4.10. The summed E-state index contributed by atoms with van der Waals surface area (Å²) in [6.07, 6.45) is -0.692. The number of ether oxygens (including phenoxy) is 2. The summed E-state index contributed by atoms with van der Waals surface area (Å²) in [5.41, 5.74) is 4.37. The van der Waals surface area contributed by atoms with Crippen molar-refractivity contribution in [3.05, 3.63) is 89.5 Å². The standard InChI is InChI=1S/C28H28N2O5/c1-28(2,3)35-26(32)22-14-8-9-15-24(22)30-25(31)16-29-27(33)34-17-23-20-12-6-4-10-18(20)19-11-5-7-13-21(19)23/h4-15,23H,16-17H2,1-3H3,(H,29,33)(H,30,31). The van der Waals surface area contributed by atoms with Crippen molar-refractivity contribution in [1.82, 2.24) is 5.32 Å². The molecule has 0 radical (unpaired) electrons. The highest BCUT2D eigenvalue weighted by Gasteiger charge is 2.29. The molecule has 2 N–H and O–H groups in total. The Kier molecular flexibility index (Phi) is 6.87. The molecule has 0 aliphatic heterocycles. The second-order valence-corrected chi connectivity index (χ2v) is 9.27. The molecular weight excluding hydrogens is 444 g/mol. The summed E-state index contributed by atoms with van der Waals surface area (Å²) in [5.74, 6) is -1.10. The minimum Gasteiger partial charge on any atom is -0.456 e. The summed E-state index contributed by atoms with van der Waals surface area (Å²) in [6.45, 7) is 5.15. The molecule has 3 aromatic rings. The van der Waals surface area contributed by atoms with Gasteiger partial charge in [-0.2, -0.15) is 0 Å². The van der Waals surface area contributed by atoms with E-state index in [1.54, 1.807) is 45.0 Å². The molecule has 0 saturated heterocycles. The molecule has 4 rings (SSSR count). The first kappa shape index (κ1) is 24.0. The molecule has 0 heterocycles. The van der Waals surface area contributed by atoms with Crippen molar-refractivity contribution in [1.29, 1.82) is 0 Å². The highest BCUT2D eigenvalue weighted by molar-refractivity contribution is 6.02. The number of alkyl carbamates (subject to hydrolysis) is 1. The van der Waals surface area contributed by atoms with Gasteiger partial charge >= 0.3 is 12.1 Å². The number of amides is 2. The van der Waals surface area contributed by atoms with Crippen LogP contribution in [0.15, 0.2) is 72.8 Å². The quantitative estimate of drug-likeness (QED) is 0.486. The summed E-state index contributed by atoms with van der Waals surface area (Å²) in [4.78, 5) is 37.2. The second kappa shape index (κ2) is 10.0. The molecule has 180 valence electrons. The minimum atomic E-state index is -0.692. The predicted octanol–water partition coefficient (Wildman–Crippen LogP) is 5.12. The molecule has 0 bridgehead atoms. The average molecular weight is 473 g/mol. The molecule has 0 spiro atoms. The molecule has 1 aliphatic rings. The lowest BCUT2D eigenvalue weighted by atomic mass is 9.98. The smallest absolute Gasteiger partial charge is 0.407 e. The van der Waals surface area contributed by atoms with Crippen molar-refractivity contribution in [2.24, 2.45) is 0 Å². The zero-order valence-electron chi connectivity index (χ0n) is 20.0. The zero-order valence-corrected chi connectivity index (χ0v) is 20.0. The lowest BCUT2D eigenvalue weighted by Crippen LogP contribution is -2.34. The fraction of sp³-hybridized carbons (Fsp3) is 0.250. The van der Waals surface area contributed by atoms with Crippen molar-refractivity contribution in [2.75, 3.05) is 18.5 Å². The average Bonchev–Trinajstić information content (AvgIpc) is 3.14. The van der Waals surface area contributed by atoms with Crippen LogP contribution in [0.4, 0.5) is 10.5 Å². The maximum atomic E-state index is 12.5. The SMILES string of the molecule is CC(C)(C)OC(=O)c1ccccc1NC(=O)CNC(=O)OCC1c2ccccc2-c2ccccc21. The third-order valence-corrected chi connectivity index (χ3v) is 5.56. The number of benzene rings is 3. The Morgan fingerprint density at radius 1 is 0.829 bits per heavy atom. The maximum absolute atomic E-state index is 12.5. The highest BCUT2D eigenvalue weighted by Crippen LogP contribution is 2.44. The molecule has 7 heteroatoms. The number of esters is 1. The fourth-order valence-corrected chi connectivity index (χ4v) is 4.10. The van der Waals surface area contributed by atoms with E-state index >= 15 is 0 Å². The first-order valence-corrected chi connectivity index (χ1v) is 11.4. The van der Waals surface area contributed by atoms with Gasteiger partial charge in [0.15, 0.2) is 0 Å². The van der Waals surface area contributed by atoms with E-state index in [0.717, 1.165) is 22.3 Å². The van der Waals surface area contributed by atoms with Crippen molar-refractivity contribution in [2.45, 2.75) is 32.3 Å². The predicted molar refractivity (Wildman–Crippen MR) is 133 cm³/mol. The Hall–Kier alpha value is -4.13. The monoisotopic (exact) mass is 472 g/mol. The Labute approximate surface area is 204 Å². The number of hydrogen-bond donors (Lipinski definition) is 2. The van der Waals surface area contributed by atoms with Crippen LogP contribution in [0.5, 0.6) is 0 Å². The number of fused-ring (bicyclic) bond motifs is 3. The van der Waals surface area contributed by atoms with Crippen LogP contribution in [0.25, 0.3) is 11.1 Å². The Morgan fingerprint density at radius 3 is 2.03 bits per heavy atom. The van der Waals surface area contributed by atoms with E-state index in [0.29, 0.717) is 5.69 Å². The van der Waals surface area contributed by atoms with Crippen molar-refractivity contribution < 1.29 is 23.9 Å². The van der Waals surface area contributed by atoms with Gasteiger partial charge in [0.2, 0.25) is 5.91 Å². The Balaban J connectivity index is 1.32. The summed E-state index contributed by atoms with van der Waals surface area (Å²) in [6, 6.07) is 22.7. The molecule has 0 fully saturated rings. The molecule has 7 nitrogen and oxygen atoms in total. The van der Waals surface area contributed by atoms with Gasteiger partial charge in [-0.25, -0.2) is 9.59 Å². The van der Waals surface area contributed by atoms with Gasteiger partial charge < -0.3 is 20.1 Å². The summed E-state index contributed by atoms with van der Waals surface area (Å²) < 4.78 is 10.8. The van der Waals surface area contributed by atoms with Crippen LogP contribution in [0.3, 0.4) is 0 Å². The topological polar surface area (TPSA) is 93.7 Å². The number of carbonyl (C=O) groups is 3. The van der Waals surface area contributed by atoms with Crippen LogP contribution in [0.1, 0.15) is 48.2 Å². The number of anilines is 1. The maximum Gasteiger partial charge on any atom is 0.407 e. The first-order valence-electron chi connectivity index (χ1n) is 11.4. The molecule has 2 amide bonds. The minimum absolute atomic E-state index is 0.0670. The van der Waals surface area contributed by atoms with Crippen LogP contribution in [-0.4, -0.2) is 36.7 Å². The lowest BCUT2D eigenvalue weighted by molar-refractivity contribution is -0.115. The van der Waals surface area contributed by atoms with Crippen LogP contribution in [-0.2, 0) is 14.3 Å². The van der Waals surface area contributed by atoms with Crippen molar-refractivity contribution in [3.8, 4) is 11.1 Å². The van der Waals surface area contributed by atoms with E-state index in [1.807, 2.05) is 36.4 Å². The number of carbonyl (C=O) groups excluding carboxylic acids is 3. The number of rotatable bonds is 6. The number of hydrogen-bond acceptors (Lipinski definition) is 5. The molecule has 0 saturated carbocycles. The largest absolute Gasteiger partial charge is 0.456 e. The Morgan fingerprint density at radius 2 is 1.40 bits per heavy atom. The third-order valence-electron chi connectivity index (χ3n) is 5.56. The van der Waals surface area contributed by atoms with E-state index in [9.17, 15) is 14.4 Å². The molecule has 0 aromatic heterocycles. The van der Waals surface area contributed by atoms with E-state index < -0.39 is 23.6 Å². The lowest BCUT2D eigenvalue weighted by Gasteiger charge is -2.20.